The number of primary amides is 1. The zero-order valence-electron chi connectivity index (χ0n) is 26.4. The van der Waals surface area contributed by atoms with E-state index in [1.807, 2.05) is 38.1 Å². The number of benzene rings is 2. The van der Waals surface area contributed by atoms with Crippen LogP contribution in [0.2, 0.25) is 0 Å². The van der Waals surface area contributed by atoms with E-state index in [-0.39, 0.29) is 41.9 Å². The van der Waals surface area contributed by atoms with Crippen LogP contribution in [0.5, 0.6) is 5.75 Å². The van der Waals surface area contributed by atoms with E-state index in [1.54, 1.807) is 35.4 Å². The van der Waals surface area contributed by atoms with Crippen LogP contribution in [-0.2, 0) is 32.0 Å². The van der Waals surface area contributed by atoms with E-state index in [0.29, 0.717) is 19.4 Å². The highest BCUT2D eigenvalue weighted by molar-refractivity contribution is 5.95. The first-order valence-corrected chi connectivity index (χ1v) is 15.4. The Bertz CT molecular complexity index is 1790. The van der Waals surface area contributed by atoms with Gasteiger partial charge in [-0.05, 0) is 79.3 Å². The van der Waals surface area contributed by atoms with Crippen molar-refractivity contribution in [2.45, 2.75) is 51.2 Å². The number of aromatic nitrogens is 1. The molecule has 2 aromatic heterocycles. The second kappa shape index (κ2) is 14.0. The number of likely N-dealkylation sites (tertiary alicyclic amines) is 1. The number of aryl methyl sites for hydroxylation is 2. The number of amides is 4. The first-order chi connectivity index (χ1) is 22.4. The number of nitrogens with one attached hydrogen (secondary N) is 3. The summed E-state index contributed by atoms with van der Waals surface area (Å²) in [5, 5.41) is 16.4. The molecule has 4 atom stereocenters. The highest BCUT2D eigenvalue weighted by Gasteiger charge is 2.36. The minimum absolute atomic E-state index is 0.0792. The number of nitrogens with two attached hydrogens (primary N) is 2. The molecule has 0 radical (unpaired) electrons. The Morgan fingerprint density at radius 2 is 1.81 bits per heavy atom. The van der Waals surface area contributed by atoms with Crippen molar-refractivity contribution >= 4 is 34.5 Å². The summed E-state index contributed by atoms with van der Waals surface area (Å²) in [4.78, 5) is 57.6. The number of hydrogen-bond donors (Lipinski definition) is 6. The maximum atomic E-state index is 13.8. The van der Waals surface area contributed by atoms with Gasteiger partial charge in [-0.2, -0.15) is 0 Å². The Balaban J connectivity index is 1.30. The van der Waals surface area contributed by atoms with E-state index in [0.717, 1.165) is 33.2 Å². The number of furan rings is 1. The average molecular weight is 641 g/mol. The molecule has 1 aliphatic heterocycles. The van der Waals surface area contributed by atoms with Crippen LogP contribution in [0.4, 0.5) is 0 Å². The van der Waals surface area contributed by atoms with Crippen molar-refractivity contribution in [3.63, 3.8) is 0 Å². The molecule has 1 aliphatic rings. The summed E-state index contributed by atoms with van der Waals surface area (Å²) in [6.45, 7) is 7.96. The molecule has 0 unspecified atom stereocenters. The molecule has 0 bridgehead atoms. The van der Waals surface area contributed by atoms with Crippen LogP contribution in [0, 0.1) is 19.8 Å². The topological polar surface area (TPSA) is 197 Å². The molecule has 12 nitrogen and oxygen atoms in total. The first kappa shape index (κ1) is 33.0. The van der Waals surface area contributed by atoms with Crippen LogP contribution in [0.25, 0.3) is 10.9 Å². The molecule has 4 amide bonds. The van der Waals surface area contributed by atoms with Crippen LogP contribution >= 0.6 is 0 Å². The van der Waals surface area contributed by atoms with Gasteiger partial charge in [0.15, 0.2) is 0 Å². The predicted octanol–water partition coefficient (Wildman–Crippen LogP) is 2.43. The van der Waals surface area contributed by atoms with Gasteiger partial charge in [0.2, 0.25) is 23.6 Å². The van der Waals surface area contributed by atoms with Gasteiger partial charge in [0, 0.05) is 42.2 Å². The van der Waals surface area contributed by atoms with Gasteiger partial charge < -0.3 is 41.5 Å². The number of phenols is 1. The number of aromatic hydroxyl groups is 1. The molecule has 1 saturated heterocycles. The van der Waals surface area contributed by atoms with E-state index in [2.05, 4.69) is 22.2 Å². The lowest BCUT2D eigenvalue weighted by atomic mass is 9.96. The number of carbonyl (C=O) groups is 4. The first-order valence-electron chi connectivity index (χ1n) is 15.4. The standard InChI is InChI=1S/C35H40N6O6/c1-19-13-24(42)14-20(2)26(19)16-27(36)35(46)41-11-10-22(18-41)33(44)39-29(15-23-17-38-28-8-5-4-7-25(23)28)34(45)40-31(21(3)32(37)43)30-9-6-12-47-30/h4-9,12-14,17,22,27,29,31,38,42H,3,10-11,15-16,18,36H2,1-2H3,(H2,37,43)(H,39,44)(H,40,45)/t22-,27+,29+,31-/m1/s1. The summed E-state index contributed by atoms with van der Waals surface area (Å²) in [6.07, 6.45) is 4.03. The van der Waals surface area contributed by atoms with Gasteiger partial charge in [-0.3, -0.25) is 19.2 Å². The third kappa shape index (κ3) is 7.39. The van der Waals surface area contributed by atoms with Crippen molar-refractivity contribution in [2.75, 3.05) is 13.1 Å². The smallest absolute Gasteiger partial charge is 0.246 e. The molecule has 2 aromatic carbocycles. The fourth-order valence-corrected chi connectivity index (χ4v) is 6.20. The molecular weight excluding hydrogens is 600 g/mol. The highest BCUT2D eigenvalue weighted by atomic mass is 16.3. The second-order valence-electron chi connectivity index (χ2n) is 12.1. The number of carbonyl (C=O) groups excluding carboxylic acids is 4. The summed E-state index contributed by atoms with van der Waals surface area (Å²) in [5.74, 6) is -2.19. The summed E-state index contributed by atoms with van der Waals surface area (Å²) >= 11 is 0. The van der Waals surface area contributed by atoms with Gasteiger partial charge in [-0.1, -0.05) is 24.8 Å². The monoisotopic (exact) mass is 640 g/mol. The molecule has 5 rings (SSSR count). The molecule has 0 spiro atoms. The van der Waals surface area contributed by atoms with Crippen LogP contribution in [0.3, 0.4) is 0 Å². The number of H-pyrrole nitrogens is 1. The Labute approximate surface area is 272 Å². The summed E-state index contributed by atoms with van der Waals surface area (Å²) in [7, 11) is 0. The Morgan fingerprint density at radius 1 is 1.09 bits per heavy atom. The molecule has 246 valence electrons. The lowest BCUT2D eigenvalue weighted by molar-refractivity contribution is -0.133. The van der Waals surface area contributed by atoms with Gasteiger partial charge >= 0.3 is 0 Å². The van der Waals surface area contributed by atoms with Crippen molar-refractivity contribution in [1.29, 1.82) is 0 Å². The number of rotatable bonds is 12. The van der Waals surface area contributed by atoms with E-state index in [1.165, 1.54) is 6.26 Å². The lowest BCUT2D eigenvalue weighted by Gasteiger charge is -2.24. The van der Waals surface area contributed by atoms with Crippen molar-refractivity contribution in [3.8, 4) is 5.75 Å². The Morgan fingerprint density at radius 3 is 2.49 bits per heavy atom. The highest BCUT2D eigenvalue weighted by Crippen LogP contribution is 2.25. The normalized spacial score (nSPS) is 16.4. The maximum absolute atomic E-state index is 13.8. The summed E-state index contributed by atoms with van der Waals surface area (Å²) < 4.78 is 5.45. The summed E-state index contributed by atoms with van der Waals surface area (Å²) in [5.41, 5.74) is 16.0. The van der Waals surface area contributed by atoms with Crippen molar-refractivity contribution in [1.82, 2.24) is 20.5 Å². The molecule has 3 heterocycles. The molecular formula is C35H40N6O6. The number of nitrogens with zero attached hydrogens (tertiary/aromatic N) is 1. The largest absolute Gasteiger partial charge is 0.508 e. The fraction of sp³-hybridized carbons (Fsp3) is 0.314. The third-order valence-corrected chi connectivity index (χ3v) is 8.80. The Kier molecular flexibility index (Phi) is 9.80. The SMILES string of the molecule is C=C(C(N)=O)[C@@H](NC(=O)[C@H](Cc1c[nH]c2ccccc12)NC(=O)[C@@H]1CCN(C(=O)[C@@H](N)Cc2c(C)cc(O)cc2C)C1)c1ccco1. The number of fused-ring (bicyclic) bond motifs is 1. The van der Waals surface area contributed by atoms with Gasteiger partial charge in [0.05, 0.1) is 18.2 Å². The molecule has 47 heavy (non-hydrogen) atoms. The minimum atomic E-state index is -1.05. The zero-order valence-corrected chi connectivity index (χ0v) is 26.4. The van der Waals surface area contributed by atoms with Gasteiger partial charge in [-0.15, -0.1) is 0 Å². The molecule has 12 heteroatoms. The van der Waals surface area contributed by atoms with E-state index in [9.17, 15) is 24.3 Å². The molecule has 1 fully saturated rings. The van der Waals surface area contributed by atoms with E-state index < -0.39 is 35.9 Å². The van der Waals surface area contributed by atoms with Crippen LogP contribution in [0.15, 0.2) is 77.6 Å². The molecule has 8 N–H and O–H groups in total. The number of aromatic amines is 1. The molecule has 0 aliphatic carbocycles. The van der Waals surface area contributed by atoms with Crippen LogP contribution in [-0.4, -0.2) is 63.8 Å². The number of para-hydroxylation sites is 1. The van der Waals surface area contributed by atoms with Crippen molar-refractivity contribution in [3.05, 3.63) is 101 Å². The summed E-state index contributed by atoms with van der Waals surface area (Å²) in [6, 6.07) is 11.2. The fourth-order valence-electron chi connectivity index (χ4n) is 6.20. The lowest BCUT2D eigenvalue weighted by Crippen LogP contribution is -2.51. The van der Waals surface area contributed by atoms with Crippen molar-refractivity contribution < 1.29 is 28.7 Å². The molecule has 4 aromatic rings. The third-order valence-electron chi connectivity index (χ3n) is 8.80. The van der Waals surface area contributed by atoms with Gasteiger partial charge in [0.25, 0.3) is 0 Å². The van der Waals surface area contributed by atoms with Crippen LogP contribution < -0.4 is 22.1 Å². The quantitative estimate of drug-likeness (QED) is 0.128. The maximum Gasteiger partial charge on any atom is 0.246 e. The average Bonchev–Trinajstić information content (AvgIpc) is 3.82. The minimum Gasteiger partial charge on any atom is -0.508 e. The zero-order chi connectivity index (χ0) is 33.8. The Hall–Kier alpha value is -5.36. The van der Waals surface area contributed by atoms with E-state index in [4.69, 9.17) is 15.9 Å². The molecule has 0 saturated carbocycles. The predicted molar refractivity (Wildman–Crippen MR) is 176 cm³/mol. The van der Waals surface area contributed by atoms with Crippen LogP contribution in [0.1, 0.15) is 40.5 Å². The number of phenolic OH excluding ortho intramolecular Hbond substituents is 1. The number of hydrogen-bond acceptors (Lipinski definition) is 7. The van der Waals surface area contributed by atoms with Crippen molar-refractivity contribution in [2.24, 2.45) is 17.4 Å². The van der Waals surface area contributed by atoms with Gasteiger partial charge in [0.1, 0.15) is 23.6 Å². The van der Waals surface area contributed by atoms with E-state index >= 15 is 0 Å². The van der Waals surface area contributed by atoms with Gasteiger partial charge in [-0.25, -0.2) is 0 Å². The second-order valence-corrected chi connectivity index (χ2v) is 12.1.